The van der Waals surface area contributed by atoms with Crippen LogP contribution in [0.4, 0.5) is 0 Å². The van der Waals surface area contributed by atoms with Gasteiger partial charge in [-0.25, -0.2) is 8.42 Å². The second-order valence-corrected chi connectivity index (χ2v) is 9.44. The zero-order valence-electron chi connectivity index (χ0n) is 15.6. The number of sulfone groups is 1. The molecule has 8 heteroatoms. The number of hydrogen-bond donors (Lipinski definition) is 2. The van der Waals surface area contributed by atoms with Gasteiger partial charge in [0, 0.05) is 19.6 Å². The van der Waals surface area contributed by atoms with Gasteiger partial charge in [0.05, 0.1) is 16.7 Å². The van der Waals surface area contributed by atoms with Gasteiger partial charge in [-0.3, -0.25) is 4.79 Å². The van der Waals surface area contributed by atoms with Crippen molar-refractivity contribution in [2.45, 2.75) is 36.6 Å². The number of amides is 1. The van der Waals surface area contributed by atoms with Crippen molar-refractivity contribution in [1.82, 2.24) is 15.5 Å². The van der Waals surface area contributed by atoms with E-state index in [9.17, 15) is 13.2 Å². The first-order valence-electron chi connectivity index (χ1n) is 9.56. The Kier molecular flexibility index (Phi) is 8.54. The Morgan fingerprint density at radius 3 is 2.67 bits per heavy atom. The van der Waals surface area contributed by atoms with Crippen LogP contribution in [-0.2, 0) is 14.6 Å². The van der Waals surface area contributed by atoms with Crippen LogP contribution in [0.5, 0.6) is 0 Å². The van der Waals surface area contributed by atoms with Crippen LogP contribution in [0.25, 0.3) is 0 Å². The van der Waals surface area contributed by atoms with Crippen LogP contribution < -0.4 is 10.6 Å². The summed E-state index contributed by atoms with van der Waals surface area (Å²) in [5, 5.41) is 6.28. The highest BCUT2D eigenvalue weighted by molar-refractivity contribution is 7.91. The maximum Gasteiger partial charge on any atom is 0.237 e. The van der Waals surface area contributed by atoms with Gasteiger partial charge in [0.2, 0.25) is 5.91 Å². The van der Waals surface area contributed by atoms with Crippen LogP contribution in [0.1, 0.15) is 25.7 Å². The third kappa shape index (κ3) is 6.45. The molecular weight excluding hydrogens is 386 g/mol. The van der Waals surface area contributed by atoms with Gasteiger partial charge in [-0.2, -0.15) is 0 Å². The number of rotatable bonds is 7. The van der Waals surface area contributed by atoms with Gasteiger partial charge in [0.15, 0.2) is 9.84 Å². The molecule has 27 heavy (non-hydrogen) atoms. The van der Waals surface area contributed by atoms with Gasteiger partial charge in [0.25, 0.3) is 0 Å². The molecule has 0 spiro atoms. The number of nitrogens with zero attached hydrogens (tertiary/aromatic N) is 1. The van der Waals surface area contributed by atoms with E-state index in [0.29, 0.717) is 23.9 Å². The Hall–Kier alpha value is -1.15. The van der Waals surface area contributed by atoms with Gasteiger partial charge < -0.3 is 15.5 Å². The lowest BCUT2D eigenvalue weighted by molar-refractivity contribution is -0.123. The summed E-state index contributed by atoms with van der Waals surface area (Å²) >= 11 is 0. The summed E-state index contributed by atoms with van der Waals surface area (Å²) in [6, 6.07) is 8.61. The van der Waals surface area contributed by atoms with Gasteiger partial charge in [-0.15, -0.1) is 12.4 Å². The molecule has 0 bridgehead atoms. The monoisotopic (exact) mass is 415 g/mol. The molecule has 2 saturated heterocycles. The average molecular weight is 416 g/mol. The van der Waals surface area contributed by atoms with Crippen molar-refractivity contribution in [1.29, 1.82) is 0 Å². The molecule has 2 fully saturated rings. The van der Waals surface area contributed by atoms with Crippen molar-refractivity contribution in [3.8, 4) is 0 Å². The number of piperidine rings is 1. The smallest absolute Gasteiger partial charge is 0.237 e. The van der Waals surface area contributed by atoms with E-state index in [2.05, 4.69) is 15.5 Å². The fourth-order valence-corrected chi connectivity index (χ4v) is 5.10. The highest BCUT2D eigenvalue weighted by Gasteiger charge is 2.25. The predicted molar refractivity (Wildman–Crippen MR) is 109 cm³/mol. The van der Waals surface area contributed by atoms with E-state index in [-0.39, 0.29) is 30.1 Å². The van der Waals surface area contributed by atoms with E-state index < -0.39 is 9.84 Å². The minimum Gasteiger partial charge on any atom is -0.354 e. The van der Waals surface area contributed by atoms with Crippen molar-refractivity contribution in [2.24, 2.45) is 5.92 Å². The van der Waals surface area contributed by atoms with Crippen molar-refractivity contribution in [2.75, 3.05) is 38.5 Å². The van der Waals surface area contributed by atoms with Crippen molar-refractivity contribution >= 4 is 28.2 Å². The molecule has 1 aromatic carbocycles. The number of carbonyl (C=O) groups is 1. The third-order valence-corrected chi connectivity index (χ3v) is 7.03. The van der Waals surface area contributed by atoms with E-state index in [0.717, 1.165) is 45.3 Å². The fraction of sp³-hybridized carbons (Fsp3) is 0.632. The standard InChI is InChI=1S/C19H29N3O3S.ClH/c23-19(18-9-4-10-20-18)21-14-16-6-5-11-22(15-16)12-13-26(24,25)17-7-2-1-3-8-17;/h1-3,7-8,16,18,20H,4-6,9-15H2,(H,21,23);1H. The molecule has 0 aliphatic carbocycles. The number of nitrogens with one attached hydrogen (secondary N) is 2. The minimum atomic E-state index is -3.23. The molecule has 0 saturated carbocycles. The normalized spacial score (nSPS) is 23.6. The zero-order chi connectivity index (χ0) is 18.4. The Labute approximate surface area is 168 Å². The topological polar surface area (TPSA) is 78.5 Å². The first-order valence-corrected chi connectivity index (χ1v) is 11.2. The van der Waals surface area contributed by atoms with E-state index in [1.165, 1.54) is 0 Å². The Balaban J connectivity index is 0.00000261. The maximum atomic E-state index is 12.4. The molecule has 152 valence electrons. The van der Waals surface area contributed by atoms with E-state index >= 15 is 0 Å². The number of carbonyl (C=O) groups excluding carboxylic acids is 1. The summed E-state index contributed by atoms with van der Waals surface area (Å²) in [5.74, 6) is 0.641. The van der Waals surface area contributed by atoms with E-state index in [4.69, 9.17) is 0 Å². The average Bonchev–Trinajstić information content (AvgIpc) is 3.21. The Morgan fingerprint density at radius 1 is 1.19 bits per heavy atom. The lowest BCUT2D eigenvalue weighted by atomic mass is 9.98. The molecule has 2 heterocycles. The first kappa shape index (κ1) is 22.1. The molecule has 1 amide bonds. The summed E-state index contributed by atoms with van der Waals surface area (Å²) in [6.45, 7) is 3.93. The van der Waals surface area contributed by atoms with E-state index in [1.807, 2.05) is 6.07 Å². The summed E-state index contributed by atoms with van der Waals surface area (Å²) in [6.07, 6.45) is 4.11. The quantitative estimate of drug-likeness (QED) is 0.704. The Bertz CT molecular complexity index is 693. The highest BCUT2D eigenvalue weighted by Crippen LogP contribution is 2.17. The van der Waals surface area contributed by atoms with Gasteiger partial charge in [-0.1, -0.05) is 18.2 Å². The number of halogens is 1. The van der Waals surface area contributed by atoms with Crippen molar-refractivity contribution < 1.29 is 13.2 Å². The van der Waals surface area contributed by atoms with Crippen LogP contribution in [0.15, 0.2) is 35.2 Å². The molecule has 2 unspecified atom stereocenters. The Morgan fingerprint density at radius 2 is 1.96 bits per heavy atom. The maximum absolute atomic E-state index is 12.4. The van der Waals surface area contributed by atoms with Crippen molar-refractivity contribution in [3.63, 3.8) is 0 Å². The molecule has 3 rings (SSSR count). The van der Waals surface area contributed by atoms with Crippen LogP contribution in [0, 0.1) is 5.92 Å². The van der Waals surface area contributed by atoms with Crippen molar-refractivity contribution in [3.05, 3.63) is 30.3 Å². The summed E-state index contributed by atoms with van der Waals surface area (Å²) < 4.78 is 24.9. The fourth-order valence-electron chi connectivity index (χ4n) is 3.79. The summed E-state index contributed by atoms with van der Waals surface area (Å²) in [5.41, 5.74) is 0. The predicted octanol–water partition coefficient (Wildman–Crippen LogP) is 1.46. The molecule has 2 aliphatic rings. The van der Waals surface area contributed by atoms with Crippen LogP contribution in [-0.4, -0.2) is 63.7 Å². The second kappa shape index (κ2) is 10.4. The lowest BCUT2D eigenvalue weighted by Gasteiger charge is -2.32. The van der Waals surface area contributed by atoms with Gasteiger partial charge in [0.1, 0.15) is 0 Å². The SMILES string of the molecule is Cl.O=C(NCC1CCCN(CCS(=O)(=O)c2ccccc2)C1)C1CCCN1. The molecule has 2 atom stereocenters. The largest absolute Gasteiger partial charge is 0.354 e. The molecular formula is C19H30ClN3O3S. The summed E-state index contributed by atoms with van der Waals surface area (Å²) in [7, 11) is -3.23. The van der Waals surface area contributed by atoms with Crippen LogP contribution in [0.2, 0.25) is 0 Å². The summed E-state index contributed by atoms with van der Waals surface area (Å²) in [4.78, 5) is 14.7. The minimum absolute atomic E-state index is 0. The second-order valence-electron chi connectivity index (χ2n) is 7.33. The molecule has 2 N–H and O–H groups in total. The van der Waals surface area contributed by atoms with E-state index in [1.54, 1.807) is 24.3 Å². The van der Waals surface area contributed by atoms with Gasteiger partial charge in [-0.05, 0) is 56.8 Å². The molecule has 6 nitrogen and oxygen atoms in total. The molecule has 0 aromatic heterocycles. The van der Waals surface area contributed by atoms with Crippen LogP contribution in [0.3, 0.4) is 0 Å². The third-order valence-electron chi connectivity index (χ3n) is 5.32. The molecule has 2 aliphatic heterocycles. The lowest BCUT2D eigenvalue weighted by Crippen LogP contribution is -2.46. The van der Waals surface area contributed by atoms with Gasteiger partial charge >= 0.3 is 0 Å². The molecule has 1 aromatic rings. The number of likely N-dealkylation sites (tertiary alicyclic amines) is 1. The van der Waals surface area contributed by atoms with Crippen LogP contribution >= 0.6 is 12.4 Å². The first-order chi connectivity index (χ1) is 12.5. The number of benzene rings is 1. The number of hydrogen-bond acceptors (Lipinski definition) is 5. The zero-order valence-corrected chi connectivity index (χ0v) is 17.2. The molecule has 0 radical (unpaired) electrons. The highest BCUT2D eigenvalue weighted by atomic mass is 35.5.